The van der Waals surface area contributed by atoms with Gasteiger partial charge in [-0.1, -0.05) is 74.7 Å². The number of carbonyl (C=O) groups excluding carboxylic acids is 1. The number of unbranched alkanes of at least 4 members (excludes halogenated alkanes) is 1. The van der Waals surface area contributed by atoms with Gasteiger partial charge >= 0.3 is 0 Å². The molecule has 4 aromatic rings. The highest BCUT2D eigenvalue weighted by Crippen LogP contribution is 2.51. The zero-order valence-electron chi connectivity index (χ0n) is 36.4. The monoisotopic (exact) mass is 835 g/mol. The summed E-state index contributed by atoms with van der Waals surface area (Å²) in [5.74, 6) is 5.68. The number of hydrogen-bond acceptors (Lipinski definition) is 8. The molecule has 0 amide bonds. The molecule has 3 aliphatic carbocycles. The minimum Gasteiger partial charge on any atom is -0.508 e. The van der Waals surface area contributed by atoms with E-state index in [-0.39, 0.29) is 41.5 Å². The molecular weight excluding hydrogens is 775 g/mol. The second-order valence-electron chi connectivity index (χ2n) is 18.0. The Morgan fingerprint density at radius 3 is 2.66 bits per heavy atom. The average Bonchev–Trinajstić information content (AvgIpc) is 3.74. The number of aliphatic hydroxyl groups is 2. The summed E-state index contributed by atoms with van der Waals surface area (Å²) in [5, 5.41) is 37.8. The Balaban J connectivity index is 1.08. The van der Waals surface area contributed by atoms with Crippen LogP contribution in [-0.2, 0) is 34.4 Å². The van der Waals surface area contributed by atoms with Crippen LogP contribution in [-0.4, -0.2) is 47.0 Å². The molecule has 8 heteroatoms. The van der Waals surface area contributed by atoms with Crippen molar-refractivity contribution in [3.05, 3.63) is 124 Å². The SMILES string of the molecule is COc1ccc2cc1OCc1ccc3c(c(O)cc4c3c1C=CC4C)C1(C#COC(CC3C=C(O)C=CC3CCCCc3cccc(NCC(C)O)c3)CC(=O)CC2)CCCC1. The molecule has 1 saturated carbocycles. The smallest absolute Gasteiger partial charge is 0.161 e. The standard InChI is InChI=1S/C54H61NO7/c1-35-13-20-46-40-17-21-47-52(46)48(35)32-49(59)53(47)54(23-6-7-24-54)25-26-61-45(31-44(58)18-14-38-15-22-50(60-3)51(28-38)62-34-40)30-41-29-43(57)19-16-39(41)11-5-4-9-37-10-8-12-42(27-37)55-33-36(2)56/h8,10,12-13,15-17,19-22,27-29,32,35-36,39,41,45,55-57,59H,4-7,9,11,14,18,23-24,30-31,33-34H2,1-3H3. The van der Waals surface area contributed by atoms with E-state index in [1.165, 1.54) is 5.56 Å². The van der Waals surface area contributed by atoms with Gasteiger partial charge in [-0.3, -0.25) is 4.79 Å². The summed E-state index contributed by atoms with van der Waals surface area (Å²) in [6.45, 7) is 4.78. The average molecular weight is 836 g/mol. The molecule has 4 N–H and O–H groups in total. The molecule has 1 fully saturated rings. The van der Waals surface area contributed by atoms with E-state index in [4.69, 9.17) is 14.2 Å². The maximum Gasteiger partial charge on any atom is 0.161 e. The minimum atomic E-state index is -0.618. The largest absolute Gasteiger partial charge is 0.508 e. The lowest BCUT2D eigenvalue weighted by atomic mass is 9.73. The Hall–Kier alpha value is -5.65. The molecule has 0 radical (unpaired) electrons. The number of ketones is 1. The first-order valence-electron chi connectivity index (χ1n) is 22.7. The summed E-state index contributed by atoms with van der Waals surface area (Å²) in [6.07, 6.45) is 21.5. The van der Waals surface area contributed by atoms with Crippen molar-refractivity contribution in [2.24, 2.45) is 11.8 Å². The number of rotatable bonds is 11. The number of fused-ring (bicyclic) bond motifs is 8. The number of aromatic hydroxyl groups is 1. The zero-order chi connectivity index (χ0) is 43.2. The first-order valence-corrected chi connectivity index (χ1v) is 22.7. The third-order valence-electron chi connectivity index (χ3n) is 13.5. The lowest BCUT2D eigenvalue weighted by molar-refractivity contribution is -0.121. The molecule has 2 heterocycles. The van der Waals surface area contributed by atoms with E-state index in [0.29, 0.717) is 43.9 Å². The Morgan fingerprint density at radius 1 is 0.984 bits per heavy atom. The van der Waals surface area contributed by atoms with E-state index in [1.54, 1.807) is 20.1 Å². The number of phenols is 1. The lowest BCUT2D eigenvalue weighted by Crippen LogP contribution is -2.25. The molecule has 8 nitrogen and oxygen atoms in total. The predicted octanol–water partition coefficient (Wildman–Crippen LogP) is 11.2. The van der Waals surface area contributed by atoms with Crippen LogP contribution in [0, 0.1) is 23.9 Å². The summed E-state index contributed by atoms with van der Waals surface area (Å²) in [4.78, 5) is 13.9. The van der Waals surface area contributed by atoms with Crippen LogP contribution < -0.4 is 14.8 Å². The molecule has 5 atom stereocenters. The predicted molar refractivity (Wildman–Crippen MR) is 247 cm³/mol. The molecule has 5 aliphatic rings. The van der Waals surface area contributed by atoms with E-state index in [9.17, 15) is 20.1 Å². The van der Waals surface area contributed by atoms with Gasteiger partial charge in [0.05, 0.1) is 18.6 Å². The van der Waals surface area contributed by atoms with Gasteiger partial charge in [0.15, 0.2) is 11.5 Å². The maximum atomic E-state index is 13.9. The van der Waals surface area contributed by atoms with Gasteiger partial charge in [0, 0.05) is 36.6 Å². The van der Waals surface area contributed by atoms with Crippen molar-refractivity contribution in [1.29, 1.82) is 0 Å². The summed E-state index contributed by atoms with van der Waals surface area (Å²) < 4.78 is 18.8. The number of aliphatic hydroxyl groups excluding tert-OH is 2. The van der Waals surface area contributed by atoms with Gasteiger partial charge in [-0.2, -0.15) is 0 Å². The number of phenolic OH excluding ortho intramolecular Hbond substituents is 1. The third-order valence-corrected chi connectivity index (χ3v) is 13.5. The van der Waals surface area contributed by atoms with Gasteiger partial charge in [-0.05, 0) is 151 Å². The van der Waals surface area contributed by atoms with Crippen molar-refractivity contribution >= 4 is 28.3 Å². The molecule has 1 spiro atoms. The fourth-order valence-electron chi connectivity index (χ4n) is 10.2. The van der Waals surface area contributed by atoms with Crippen molar-refractivity contribution in [1.82, 2.24) is 0 Å². The van der Waals surface area contributed by atoms with Gasteiger partial charge in [0.2, 0.25) is 0 Å². The second kappa shape index (κ2) is 19.2. The van der Waals surface area contributed by atoms with Crippen molar-refractivity contribution in [3.63, 3.8) is 0 Å². The van der Waals surface area contributed by atoms with Crippen molar-refractivity contribution in [2.45, 2.75) is 121 Å². The zero-order valence-corrected chi connectivity index (χ0v) is 36.4. The lowest BCUT2D eigenvalue weighted by Gasteiger charge is -2.30. The number of benzene rings is 4. The van der Waals surface area contributed by atoms with Crippen LogP contribution in [0.4, 0.5) is 5.69 Å². The number of ether oxygens (including phenoxy) is 3. The summed E-state index contributed by atoms with van der Waals surface area (Å²) >= 11 is 0. The number of aryl methyl sites for hydroxylation is 2. The van der Waals surface area contributed by atoms with E-state index in [2.05, 4.69) is 72.8 Å². The molecule has 0 aromatic heterocycles. The minimum absolute atomic E-state index is 0.0373. The van der Waals surface area contributed by atoms with Gasteiger partial charge in [0.1, 0.15) is 36.1 Å². The second-order valence-corrected chi connectivity index (χ2v) is 18.0. The topological polar surface area (TPSA) is 117 Å². The number of hydrogen-bond donors (Lipinski definition) is 4. The van der Waals surface area contributed by atoms with Crippen molar-refractivity contribution in [3.8, 4) is 29.3 Å². The number of allylic oxidation sites excluding steroid dienone is 4. The fraction of sp³-hybridized carbons (Fsp3) is 0.426. The van der Waals surface area contributed by atoms with Crippen molar-refractivity contribution < 1.29 is 34.3 Å². The number of anilines is 1. The van der Waals surface area contributed by atoms with Crippen molar-refractivity contribution in [2.75, 3.05) is 19.0 Å². The molecule has 5 unspecified atom stereocenters. The molecule has 324 valence electrons. The number of methoxy groups -OCH3 is 1. The molecule has 4 aromatic carbocycles. The maximum absolute atomic E-state index is 13.9. The van der Waals surface area contributed by atoms with Gasteiger partial charge in [-0.15, -0.1) is 0 Å². The van der Waals surface area contributed by atoms with Crippen LogP contribution in [0.5, 0.6) is 17.2 Å². The molecule has 2 aliphatic heterocycles. The number of Topliss-reactive ketones (excluding diaryl/α,β-unsaturated/α-hetero) is 1. The molecule has 6 bridgehead atoms. The fourth-order valence-corrected chi connectivity index (χ4v) is 10.2. The van der Waals surface area contributed by atoms with Gasteiger partial charge in [0.25, 0.3) is 0 Å². The van der Waals surface area contributed by atoms with Crippen LogP contribution in [0.3, 0.4) is 0 Å². The first kappa shape index (κ1) is 43.0. The highest BCUT2D eigenvalue weighted by Gasteiger charge is 2.39. The Morgan fingerprint density at radius 2 is 1.84 bits per heavy atom. The van der Waals surface area contributed by atoms with Crippen LogP contribution in [0.2, 0.25) is 0 Å². The molecule has 9 rings (SSSR count). The van der Waals surface area contributed by atoms with E-state index >= 15 is 0 Å². The first-order chi connectivity index (χ1) is 30.1. The van der Waals surface area contributed by atoms with E-state index in [1.807, 2.05) is 36.4 Å². The van der Waals surface area contributed by atoms with Crippen LogP contribution >= 0.6 is 0 Å². The van der Waals surface area contributed by atoms with Crippen LogP contribution in [0.15, 0.2) is 90.7 Å². The van der Waals surface area contributed by atoms with Crippen LogP contribution in [0.1, 0.15) is 117 Å². The Kier molecular flexibility index (Phi) is 13.3. The van der Waals surface area contributed by atoms with E-state index in [0.717, 1.165) is 95.6 Å². The Labute approximate surface area is 366 Å². The number of carbonyl (C=O) groups is 1. The van der Waals surface area contributed by atoms with Crippen LogP contribution in [0.25, 0.3) is 16.8 Å². The highest BCUT2D eigenvalue weighted by atomic mass is 16.5. The summed E-state index contributed by atoms with van der Waals surface area (Å²) in [5.41, 5.74) is 6.71. The molecular formula is C54H61NO7. The molecule has 0 saturated heterocycles. The third kappa shape index (κ3) is 9.69. The van der Waals surface area contributed by atoms with Gasteiger partial charge in [-0.25, -0.2) is 0 Å². The summed E-state index contributed by atoms with van der Waals surface area (Å²) in [6, 6.07) is 20.5. The summed E-state index contributed by atoms with van der Waals surface area (Å²) in [7, 11) is 1.64. The Bertz CT molecular complexity index is 2430. The molecule has 62 heavy (non-hydrogen) atoms. The van der Waals surface area contributed by atoms with Gasteiger partial charge < -0.3 is 34.8 Å². The normalized spacial score (nSPS) is 22.2. The van der Waals surface area contributed by atoms with E-state index < -0.39 is 17.6 Å². The number of nitrogens with one attached hydrogen (secondary N) is 1. The quantitative estimate of drug-likeness (QED) is 0.0872. The highest BCUT2D eigenvalue weighted by molar-refractivity contribution is 6.01.